The second-order valence-electron chi connectivity index (χ2n) is 7.12. The van der Waals surface area contributed by atoms with Gasteiger partial charge in [0.05, 0.1) is 6.61 Å². The minimum absolute atomic E-state index is 0.0650. The first kappa shape index (κ1) is 18.4. The normalized spacial score (nSPS) is 23.5. The van der Waals surface area contributed by atoms with Crippen LogP contribution in [0.2, 0.25) is 0 Å². The number of ether oxygens (including phenoxy) is 1. The lowest BCUT2D eigenvalue weighted by Crippen LogP contribution is -2.55. The van der Waals surface area contributed by atoms with Gasteiger partial charge in [0.1, 0.15) is 5.56 Å². The molecule has 1 aromatic heterocycles. The fourth-order valence-electron chi connectivity index (χ4n) is 3.96. The van der Waals surface area contributed by atoms with E-state index in [0.717, 1.165) is 19.3 Å². The molecule has 1 spiro atoms. The topological polar surface area (TPSA) is 116 Å². The highest BCUT2D eigenvalue weighted by molar-refractivity contribution is 5.93. The summed E-state index contributed by atoms with van der Waals surface area (Å²) in [5.41, 5.74) is -1.53. The van der Waals surface area contributed by atoms with Gasteiger partial charge in [-0.2, -0.15) is 0 Å². The van der Waals surface area contributed by atoms with Crippen molar-refractivity contribution in [1.29, 1.82) is 0 Å². The Hall–Kier alpha value is -2.42. The van der Waals surface area contributed by atoms with Crippen molar-refractivity contribution in [2.24, 2.45) is 5.41 Å². The Morgan fingerprint density at radius 3 is 2.81 bits per heavy atom. The Morgan fingerprint density at radius 2 is 2.08 bits per heavy atom. The van der Waals surface area contributed by atoms with Crippen LogP contribution in [0.4, 0.5) is 0 Å². The highest BCUT2D eigenvalue weighted by Crippen LogP contribution is 2.39. The maximum absolute atomic E-state index is 12.8. The molecule has 0 unspecified atom stereocenters. The number of nitrogens with one attached hydrogen (secondary N) is 2. The molecule has 2 amide bonds. The molecule has 2 aliphatic heterocycles. The van der Waals surface area contributed by atoms with Crippen molar-refractivity contribution in [3.8, 4) is 0 Å². The minimum Gasteiger partial charge on any atom is -0.383 e. The van der Waals surface area contributed by atoms with Gasteiger partial charge in [0.25, 0.3) is 11.5 Å². The monoisotopic (exact) mass is 364 g/mol. The Labute approximate surface area is 150 Å². The summed E-state index contributed by atoms with van der Waals surface area (Å²) >= 11 is 0. The molecule has 9 nitrogen and oxygen atoms in total. The Bertz CT molecular complexity index is 801. The Kier molecular flexibility index (Phi) is 5.26. The van der Waals surface area contributed by atoms with E-state index in [1.807, 2.05) is 4.90 Å². The lowest BCUT2D eigenvalue weighted by Gasteiger charge is -2.48. The van der Waals surface area contributed by atoms with E-state index in [9.17, 15) is 19.2 Å². The molecule has 3 heterocycles. The van der Waals surface area contributed by atoms with Crippen LogP contribution in [-0.4, -0.2) is 71.5 Å². The Morgan fingerprint density at radius 1 is 1.27 bits per heavy atom. The summed E-state index contributed by atoms with van der Waals surface area (Å²) in [7, 11) is 1.60. The van der Waals surface area contributed by atoms with Crippen LogP contribution in [0.1, 0.15) is 36.0 Å². The van der Waals surface area contributed by atoms with Crippen molar-refractivity contribution in [3.05, 3.63) is 32.6 Å². The van der Waals surface area contributed by atoms with Crippen LogP contribution in [0, 0.1) is 5.41 Å². The van der Waals surface area contributed by atoms with Gasteiger partial charge in [0.2, 0.25) is 5.91 Å². The van der Waals surface area contributed by atoms with Crippen LogP contribution in [0.5, 0.6) is 0 Å². The number of rotatable bonds is 4. The van der Waals surface area contributed by atoms with Gasteiger partial charge in [-0.15, -0.1) is 0 Å². The van der Waals surface area contributed by atoms with Gasteiger partial charge in [-0.1, -0.05) is 0 Å². The number of aromatic nitrogens is 2. The molecular weight excluding hydrogens is 340 g/mol. The van der Waals surface area contributed by atoms with Crippen molar-refractivity contribution in [2.45, 2.75) is 25.7 Å². The van der Waals surface area contributed by atoms with Crippen LogP contribution < -0.4 is 11.2 Å². The number of hydrogen-bond donors (Lipinski definition) is 2. The number of likely N-dealkylation sites (tertiary alicyclic amines) is 2. The van der Waals surface area contributed by atoms with Crippen molar-refractivity contribution in [2.75, 3.05) is 39.9 Å². The first-order valence-corrected chi connectivity index (χ1v) is 8.82. The fourth-order valence-corrected chi connectivity index (χ4v) is 3.96. The molecule has 0 saturated carbocycles. The van der Waals surface area contributed by atoms with Gasteiger partial charge < -0.3 is 19.5 Å². The third kappa shape index (κ3) is 3.72. The zero-order chi connectivity index (χ0) is 18.7. The van der Waals surface area contributed by atoms with E-state index < -0.39 is 11.2 Å². The second-order valence-corrected chi connectivity index (χ2v) is 7.12. The van der Waals surface area contributed by atoms with Crippen molar-refractivity contribution < 1.29 is 14.3 Å². The highest BCUT2D eigenvalue weighted by Gasteiger charge is 2.42. The molecule has 1 aromatic rings. The molecule has 2 aliphatic rings. The summed E-state index contributed by atoms with van der Waals surface area (Å²) in [6.07, 6.45) is 4.13. The van der Waals surface area contributed by atoms with E-state index in [4.69, 9.17) is 4.74 Å². The summed E-state index contributed by atoms with van der Waals surface area (Å²) in [5.74, 6) is -0.268. The molecule has 9 heteroatoms. The molecule has 2 saturated heterocycles. The van der Waals surface area contributed by atoms with Crippen LogP contribution in [0.3, 0.4) is 0 Å². The van der Waals surface area contributed by atoms with E-state index in [1.54, 1.807) is 12.0 Å². The first-order valence-electron chi connectivity index (χ1n) is 8.82. The third-order valence-corrected chi connectivity index (χ3v) is 5.31. The van der Waals surface area contributed by atoms with E-state index in [0.29, 0.717) is 39.2 Å². The molecule has 3 rings (SSSR count). The first-order chi connectivity index (χ1) is 12.4. The van der Waals surface area contributed by atoms with Gasteiger partial charge in [-0.25, -0.2) is 4.79 Å². The maximum Gasteiger partial charge on any atom is 0.325 e. The lowest BCUT2D eigenvalue weighted by molar-refractivity contribution is -0.139. The smallest absolute Gasteiger partial charge is 0.325 e. The number of carbonyl (C=O) groups excluding carboxylic acids is 2. The number of aromatic amines is 2. The standard InChI is InChI=1S/C17H24N4O5/c1-26-8-7-20-10-17(5-3-13(20)22)4-2-6-21(11-17)15(24)12-9-18-16(25)19-14(12)23/h9H,2-8,10-11H2,1H3,(H2,18,19,23,25)/t17-/m1/s1. The molecule has 2 fully saturated rings. The number of nitrogens with zero attached hydrogens (tertiary/aromatic N) is 2. The quantitative estimate of drug-likeness (QED) is 0.751. The van der Waals surface area contributed by atoms with Crippen LogP contribution in [-0.2, 0) is 9.53 Å². The van der Waals surface area contributed by atoms with E-state index in [-0.39, 0.29) is 22.8 Å². The average molecular weight is 364 g/mol. The van der Waals surface area contributed by atoms with E-state index in [2.05, 4.69) is 9.97 Å². The predicted octanol–water partition coefficient (Wildman–Crippen LogP) is -0.446. The van der Waals surface area contributed by atoms with Gasteiger partial charge in [-0.05, 0) is 19.3 Å². The van der Waals surface area contributed by atoms with Crippen molar-refractivity contribution >= 4 is 11.8 Å². The molecule has 142 valence electrons. The van der Waals surface area contributed by atoms with Crippen molar-refractivity contribution in [3.63, 3.8) is 0 Å². The predicted molar refractivity (Wildman–Crippen MR) is 92.9 cm³/mol. The summed E-state index contributed by atoms with van der Waals surface area (Å²) in [6, 6.07) is 0. The zero-order valence-corrected chi connectivity index (χ0v) is 14.9. The Balaban J connectivity index is 1.76. The number of methoxy groups -OCH3 is 1. The number of piperidine rings is 2. The SMILES string of the molecule is COCCN1C[C@@]2(CCCN(C(=O)c3c[nH]c(=O)[nH]c3=O)C2)CCC1=O. The van der Waals surface area contributed by atoms with E-state index in [1.165, 1.54) is 6.20 Å². The summed E-state index contributed by atoms with van der Waals surface area (Å²) in [4.78, 5) is 55.9. The highest BCUT2D eigenvalue weighted by atomic mass is 16.5. The van der Waals surface area contributed by atoms with E-state index >= 15 is 0 Å². The summed E-state index contributed by atoms with van der Waals surface area (Å²) in [6.45, 7) is 2.69. The van der Waals surface area contributed by atoms with Gasteiger partial charge in [0.15, 0.2) is 0 Å². The molecule has 0 bridgehead atoms. The van der Waals surface area contributed by atoms with Crippen LogP contribution in [0.15, 0.2) is 15.8 Å². The number of amides is 2. The number of carbonyl (C=O) groups is 2. The summed E-state index contributed by atoms with van der Waals surface area (Å²) in [5, 5.41) is 0. The maximum atomic E-state index is 12.8. The number of hydrogen-bond acceptors (Lipinski definition) is 5. The number of H-pyrrole nitrogens is 2. The van der Waals surface area contributed by atoms with Gasteiger partial charge >= 0.3 is 5.69 Å². The van der Waals surface area contributed by atoms with Crippen LogP contribution >= 0.6 is 0 Å². The molecule has 0 radical (unpaired) electrons. The molecule has 0 aromatic carbocycles. The van der Waals surface area contributed by atoms with Gasteiger partial charge in [0, 0.05) is 51.3 Å². The van der Waals surface area contributed by atoms with Crippen LogP contribution in [0.25, 0.3) is 0 Å². The molecule has 2 N–H and O–H groups in total. The molecular formula is C17H24N4O5. The molecule has 1 atom stereocenters. The zero-order valence-electron chi connectivity index (χ0n) is 14.9. The van der Waals surface area contributed by atoms with Gasteiger partial charge in [-0.3, -0.25) is 19.4 Å². The lowest BCUT2D eigenvalue weighted by atomic mass is 9.73. The molecule has 26 heavy (non-hydrogen) atoms. The second kappa shape index (κ2) is 7.45. The largest absolute Gasteiger partial charge is 0.383 e. The molecule has 0 aliphatic carbocycles. The third-order valence-electron chi connectivity index (χ3n) is 5.31. The fraction of sp³-hybridized carbons (Fsp3) is 0.647. The average Bonchev–Trinajstić information content (AvgIpc) is 2.62. The van der Waals surface area contributed by atoms with Crippen molar-refractivity contribution in [1.82, 2.24) is 19.8 Å². The summed E-state index contributed by atoms with van der Waals surface area (Å²) < 4.78 is 5.08. The minimum atomic E-state index is -0.682.